The van der Waals surface area contributed by atoms with Crippen LogP contribution in [0.3, 0.4) is 0 Å². The van der Waals surface area contributed by atoms with Crippen LogP contribution in [0.15, 0.2) is 22.5 Å². The summed E-state index contributed by atoms with van der Waals surface area (Å²) in [7, 11) is -1.65. The van der Waals surface area contributed by atoms with Crippen LogP contribution in [0, 0.1) is 0 Å². The zero-order valence-corrected chi connectivity index (χ0v) is 13.8. The molecule has 2 rings (SSSR count). The van der Waals surface area contributed by atoms with E-state index >= 15 is 0 Å². The molecule has 21 heavy (non-hydrogen) atoms. The fourth-order valence-corrected chi connectivity index (χ4v) is 4.47. The summed E-state index contributed by atoms with van der Waals surface area (Å²) in [4.78, 5) is 0.980. The molecule has 2 heterocycles. The van der Waals surface area contributed by atoms with Crippen LogP contribution >= 0.6 is 11.3 Å². The van der Waals surface area contributed by atoms with Gasteiger partial charge in [-0.3, -0.25) is 4.68 Å². The molecule has 0 atom stereocenters. The van der Waals surface area contributed by atoms with Crippen molar-refractivity contribution in [3.63, 3.8) is 0 Å². The van der Waals surface area contributed by atoms with Crippen LogP contribution in [0.5, 0.6) is 0 Å². The predicted molar refractivity (Wildman–Crippen MR) is 83.7 cm³/mol. The Labute approximate surface area is 129 Å². The van der Waals surface area contributed by atoms with Crippen LogP contribution in [0.1, 0.15) is 23.1 Å². The molecular formula is C13H20N4O2S2. The lowest BCUT2D eigenvalue weighted by molar-refractivity contribution is 0.583. The molecule has 0 saturated heterocycles. The van der Waals surface area contributed by atoms with E-state index in [4.69, 9.17) is 5.73 Å². The largest absolute Gasteiger partial charge is 0.330 e. The van der Waals surface area contributed by atoms with E-state index in [1.807, 2.05) is 26.2 Å². The van der Waals surface area contributed by atoms with E-state index in [0.717, 1.165) is 22.6 Å². The topological polar surface area (TPSA) is 90.0 Å². The molecule has 0 radical (unpaired) electrons. The van der Waals surface area contributed by atoms with E-state index in [2.05, 4.69) is 9.82 Å². The van der Waals surface area contributed by atoms with E-state index in [-0.39, 0.29) is 6.54 Å². The fourth-order valence-electron chi connectivity index (χ4n) is 2.05. The number of hydrogen-bond acceptors (Lipinski definition) is 5. The second kappa shape index (κ2) is 6.69. The number of nitrogens with one attached hydrogen (secondary N) is 1. The van der Waals surface area contributed by atoms with Crippen LogP contribution in [-0.4, -0.2) is 24.7 Å². The Kier molecular flexibility index (Phi) is 5.15. The summed E-state index contributed by atoms with van der Waals surface area (Å²) in [5, 5.41) is 4.30. The first-order valence-corrected chi connectivity index (χ1v) is 9.06. The molecule has 6 nitrogen and oxygen atoms in total. The lowest BCUT2D eigenvalue weighted by Crippen LogP contribution is -2.22. The minimum Gasteiger partial charge on any atom is -0.330 e. The summed E-state index contributed by atoms with van der Waals surface area (Å²) in [6, 6.07) is 3.44. The first-order valence-electron chi connectivity index (χ1n) is 6.76. The molecule has 0 aliphatic carbocycles. The van der Waals surface area contributed by atoms with Gasteiger partial charge >= 0.3 is 0 Å². The molecule has 0 bridgehead atoms. The normalized spacial score (nSPS) is 12.0. The van der Waals surface area contributed by atoms with Crippen molar-refractivity contribution < 1.29 is 8.42 Å². The summed E-state index contributed by atoms with van der Waals surface area (Å²) in [6.07, 6.45) is 3.32. The van der Waals surface area contributed by atoms with Crippen molar-refractivity contribution >= 4 is 21.4 Å². The highest BCUT2D eigenvalue weighted by molar-refractivity contribution is 7.91. The molecule has 0 spiro atoms. The third-order valence-corrected chi connectivity index (χ3v) is 6.11. The number of sulfonamides is 1. The van der Waals surface area contributed by atoms with Crippen LogP contribution in [0.2, 0.25) is 0 Å². The molecule has 0 aliphatic heterocycles. The van der Waals surface area contributed by atoms with Gasteiger partial charge < -0.3 is 5.73 Å². The highest BCUT2D eigenvalue weighted by Gasteiger charge is 2.17. The van der Waals surface area contributed by atoms with Crippen molar-refractivity contribution in [3.8, 4) is 0 Å². The molecule has 0 fully saturated rings. The summed E-state index contributed by atoms with van der Waals surface area (Å²) < 4.78 is 29.2. The minimum atomic E-state index is -3.48. The zero-order chi connectivity index (χ0) is 15.5. The molecule has 116 valence electrons. The number of rotatable bonds is 7. The Bertz CT molecular complexity index is 704. The van der Waals surface area contributed by atoms with E-state index in [1.54, 1.807) is 10.7 Å². The number of hydrogen-bond donors (Lipinski definition) is 2. The average molecular weight is 328 g/mol. The fraction of sp³-hybridized carbons (Fsp3) is 0.462. The first-order chi connectivity index (χ1) is 9.96. The Morgan fingerprint density at radius 2 is 2.19 bits per heavy atom. The molecule has 2 aromatic heterocycles. The number of thiophene rings is 1. The molecule has 0 amide bonds. The van der Waals surface area contributed by atoms with E-state index in [9.17, 15) is 8.42 Å². The van der Waals surface area contributed by atoms with Gasteiger partial charge in [-0.15, -0.1) is 11.3 Å². The van der Waals surface area contributed by atoms with Crippen molar-refractivity contribution in [2.45, 2.75) is 30.5 Å². The van der Waals surface area contributed by atoms with Crippen molar-refractivity contribution in [2.24, 2.45) is 12.8 Å². The van der Waals surface area contributed by atoms with Gasteiger partial charge in [0, 0.05) is 30.2 Å². The Morgan fingerprint density at radius 1 is 1.43 bits per heavy atom. The van der Waals surface area contributed by atoms with Gasteiger partial charge in [-0.05, 0) is 31.5 Å². The predicted octanol–water partition coefficient (Wildman–Crippen LogP) is 1.02. The smallest absolute Gasteiger partial charge is 0.250 e. The molecule has 2 aromatic rings. The first kappa shape index (κ1) is 16.2. The number of aromatic nitrogens is 2. The molecule has 0 unspecified atom stereocenters. The van der Waals surface area contributed by atoms with Gasteiger partial charge in [0.2, 0.25) is 10.0 Å². The molecule has 3 N–H and O–H groups in total. The number of nitrogens with two attached hydrogens (primary N) is 1. The van der Waals surface area contributed by atoms with Gasteiger partial charge in [-0.2, -0.15) is 5.10 Å². The minimum absolute atomic E-state index is 0.253. The van der Waals surface area contributed by atoms with E-state index in [1.165, 1.54) is 11.3 Å². The maximum Gasteiger partial charge on any atom is 0.250 e. The van der Waals surface area contributed by atoms with Crippen LogP contribution in [-0.2, 0) is 36.5 Å². The monoisotopic (exact) mass is 328 g/mol. The second-order valence-electron chi connectivity index (χ2n) is 4.71. The molecular weight excluding hydrogens is 308 g/mol. The van der Waals surface area contributed by atoms with E-state index in [0.29, 0.717) is 17.2 Å². The Morgan fingerprint density at radius 3 is 2.86 bits per heavy atom. The van der Waals surface area contributed by atoms with Gasteiger partial charge in [-0.25, -0.2) is 13.1 Å². The van der Waals surface area contributed by atoms with Crippen LogP contribution < -0.4 is 10.5 Å². The highest BCUT2D eigenvalue weighted by Crippen LogP contribution is 2.22. The highest BCUT2D eigenvalue weighted by atomic mass is 32.2. The van der Waals surface area contributed by atoms with Gasteiger partial charge in [0.25, 0.3) is 0 Å². The van der Waals surface area contributed by atoms with E-state index < -0.39 is 10.0 Å². The standard InChI is InChI=1S/C13H20N4O2S2/c1-3-12-10(9-17(2)16-12)8-15-21(18,19)13-5-4-11(20-13)6-7-14/h4-5,9,15H,3,6-8,14H2,1-2H3. The number of nitrogens with zero attached hydrogens (tertiary/aromatic N) is 2. The third kappa shape index (κ3) is 3.91. The van der Waals surface area contributed by atoms with Gasteiger partial charge in [0.1, 0.15) is 4.21 Å². The van der Waals surface area contributed by atoms with Crippen molar-refractivity contribution in [1.29, 1.82) is 0 Å². The quantitative estimate of drug-likeness (QED) is 0.794. The Hall–Kier alpha value is -1.22. The zero-order valence-electron chi connectivity index (χ0n) is 12.2. The summed E-state index contributed by atoms with van der Waals surface area (Å²) in [5.41, 5.74) is 7.30. The average Bonchev–Trinajstić information content (AvgIpc) is 3.04. The van der Waals surface area contributed by atoms with Crippen LogP contribution in [0.4, 0.5) is 0 Å². The van der Waals surface area contributed by atoms with Gasteiger partial charge in [0.15, 0.2) is 0 Å². The Balaban J connectivity index is 2.09. The molecule has 0 aliphatic rings. The molecule has 0 saturated carbocycles. The lowest BCUT2D eigenvalue weighted by Gasteiger charge is -2.04. The van der Waals surface area contributed by atoms with Crippen molar-refractivity contribution in [2.75, 3.05) is 6.54 Å². The second-order valence-corrected chi connectivity index (χ2v) is 7.87. The molecule has 8 heteroatoms. The van der Waals surface area contributed by atoms with Crippen molar-refractivity contribution in [1.82, 2.24) is 14.5 Å². The van der Waals surface area contributed by atoms with Gasteiger partial charge in [-0.1, -0.05) is 6.92 Å². The molecule has 0 aromatic carbocycles. The maximum absolute atomic E-state index is 12.3. The third-order valence-electron chi connectivity index (χ3n) is 3.07. The van der Waals surface area contributed by atoms with Gasteiger partial charge in [0.05, 0.1) is 5.69 Å². The lowest BCUT2D eigenvalue weighted by atomic mass is 10.2. The maximum atomic E-state index is 12.3. The SMILES string of the molecule is CCc1nn(C)cc1CNS(=O)(=O)c1ccc(CCN)s1. The summed E-state index contributed by atoms with van der Waals surface area (Å²) in [6.45, 7) is 2.77. The van der Waals surface area contributed by atoms with Crippen molar-refractivity contribution in [3.05, 3.63) is 34.5 Å². The summed E-state index contributed by atoms with van der Waals surface area (Å²) >= 11 is 1.26. The number of aryl methyl sites for hydroxylation is 2. The summed E-state index contributed by atoms with van der Waals surface area (Å²) in [5.74, 6) is 0. The van der Waals surface area contributed by atoms with Crippen LogP contribution in [0.25, 0.3) is 0 Å².